The van der Waals surface area contributed by atoms with Crippen LogP contribution in [0.3, 0.4) is 0 Å². The van der Waals surface area contributed by atoms with E-state index in [2.05, 4.69) is 20.3 Å². The number of nitrogens with one attached hydrogen (secondary N) is 1. The number of alkyl halides is 1. The molecular formula is C14H16ClF2N5. The van der Waals surface area contributed by atoms with Gasteiger partial charge in [0.1, 0.15) is 5.82 Å². The van der Waals surface area contributed by atoms with E-state index >= 15 is 0 Å². The van der Waals surface area contributed by atoms with Gasteiger partial charge in [-0.05, 0) is 26.8 Å². The first-order chi connectivity index (χ1) is 10.2. The Hall–Kier alpha value is -2.02. The number of aromatic nitrogens is 3. The molecule has 3 N–H and O–H groups in total. The smallest absolute Gasteiger partial charge is 0.228 e. The third-order valence-electron chi connectivity index (χ3n) is 2.98. The zero-order valence-corrected chi connectivity index (χ0v) is 13.1. The fourth-order valence-corrected chi connectivity index (χ4v) is 2.03. The van der Waals surface area contributed by atoms with E-state index in [0.717, 1.165) is 0 Å². The van der Waals surface area contributed by atoms with E-state index in [1.54, 1.807) is 19.1 Å². The van der Waals surface area contributed by atoms with Crippen LogP contribution in [0.15, 0.2) is 18.2 Å². The van der Waals surface area contributed by atoms with E-state index < -0.39 is 17.5 Å². The lowest BCUT2D eigenvalue weighted by Crippen LogP contribution is -2.19. The molecule has 0 aliphatic rings. The SMILES string of the molecule is CC(Nc1nc(N)nc(C(C)(C)F)n1)c1cccc(Cl)c1F. The van der Waals surface area contributed by atoms with Gasteiger partial charge in [-0.15, -0.1) is 0 Å². The number of nitrogen functional groups attached to an aromatic ring is 1. The second-order valence-corrected chi connectivity index (χ2v) is 5.73. The van der Waals surface area contributed by atoms with Crippen molar-refractivity contribution in [3.05, 3.63) is 40.4 Å². The van der Waals surface area contributed by atoms with Gasteiger partial charge in [0.25, 0.3) is 0 Å². The fourth-order valence-electron chi connectivity index (χ4n) is 1.85. The molecule has 5 nitrogen and oxygen atoms in total. The molecule has 1 atom stereocenters. The highest BCUT2D eigenvalue weighted by Crippen LogP contribution is 2.26. The summed E-state index contributed by atoms with van der Waals surface area (Å²) in [5.41, 5.74) is 4.13. The van der Waals surface area contributed by atoms with Crippen molar-refractivity contribution in [1.82, 2.24) is 15.0 Å². The van der Waals surface area contributed by atoms with Crippen LogP contribution in [-0.2, 0) is 5.67 Å². The van der Waals surface area contributed by atoms with E-state index in [-0.39, 0.29) is 22.7 Å². The van der Waals surface area contributed by atoms with Crippen molar-refractivity contribution in [2.45, 2.75) is 32.5 Å². The van der Waals surface area contributed by atoms with Crippen LogP contribution in [0.1, 0.15) is 38.2 Å². The number of nitrogens with zero attached hydrogens (tertiary/aromatic N) is 3. The van der Waals surface area contributed by atoms with Crippen molar-refractivity contribution in [3.8, 4) is 0 Å². The molecule has 0 radical (unpaired) electrons. The monoisotopic (exact) mass is 327 g/mol. The van der Waals surface area contributed by atoms with Crippen LogP contribution in [0.25, 0.3) is 0 Å². The van der Waals surface area contributed by atoms with Gasteiger partial charge in [0, 0.05) is 5.56 Å². The Kier molecular flexibility index (Phi) is 4.46. The zero-order valence-electron chi connectivity index (χ0n) is 12.4. The highest BCUT2D eigenvalue weighted by molar-refractivity contribution is 6.30. The number of halogens is 3. The second kappa shape index (κ2) is 6.00. The van der Waals surface area contributed by atoms with Crippen molar-refractivity contribution in [2.24, 2.45) is 0 Å². The Balaban J connectivity index is 2.30. The van der Waals surface area contributed by atoms with E-state index in [1.165, 1.54) is 19.9 Å². The van der Waals surface area contributed by atoms with E-state index in [0.29, 0.717) is 5.56 Å². The van der Waals surface area contributed by atoms with Gasteiger partial charge in [-0.3, -0.25) is 0 Å². The first kappa shape index (κ1) is 16.4. The average Bonchev–Trinajstić information content (AvgIpc) is 2.40. The van der Waals surface area contributed by atoms with Crippen LogP contribution in [-0.4, -0.2) is 15.0 Å². The van der Waals surface area contributed by atoms with Gasteiger partial charge in [0.15, 0.2) is 11.5 Å². The quantitative estimate of drug-likeness (QED) is 0.896. The maximum atomic E-state index is 14.0. The molecule has 22 heavy (non-hydrogen) atoms. The maximum absolute atomic E-state index is 14.0. The van der Waals surface area contributed by atoms with Crippen molar-refractivity contribution < 1.29 is 8.78 Å². The first-order valence-corrected chi connectivity index (χ1v) is 6.97. The Morgan fingerprint density at radius 2 is 1.95 bits per heavy atom. The minimum Gasteiger partial charge on any atom is -0.368 e. The molecule has 1 aromatic heterocycles. The summed E-state index contributed by atoms with van der Waals surface area (Å²) in [7, 11) is 0. The van der Waals surface area contributed by atoms with Gasteiger partial charge in [0.05, 0.1) is 11.1 Å². The minimum atomic E-state index is -1.77. The molecule has 0 spiro atoms. The van der Waals surface area contributed by atoms with Crippen molar-refractivity contribution in [2.75, 3.05) is 11.1 Å². The van der Waals surface area contributed by atoms with Crippen LogP contribution >= 0.6 is 11.6 Å². The van der Waals surface area contributed by atoms with Crippen molar-refractivity contribution in [3.63, 3.8) is 0 Å². The molecule has 1 heterocycles. The van der Waals surface area contributed by atoms with E-state index in [9.17, 15) is 8.78 Å². The minimum absolute atomic E-state index is 0.0203. The number of hydrogen-bond donors (Lipinski definition) is 2. The van der Waals surface area contributed by atoms with E-state index in [4.69, 9.17) is 17.3 Å². The molecule has 0 aliphatic carbocycles. The predicted octanol–water partition coefficient (Wildman–Crippen LogP) is 3.62. The van der Waals surface area contributed by atoms with Crippen LogP contribution in [0, 0.1) is 5.82 Å². The lowest BCUT2D eigenvalue weighted by Gasteiger charge is -2.18. The summed E-state index contributed by atoms with van der Waals surface area (Å²) in [4.78, 5) is 11.6. The molecule has 8 heteroatoms. The van der Waals surface area contributed by atoms with Gasteiger partial charge in [0.2, 0.25) is 11.9 Å². The standard InChI is InChI=1S/C14H16ClF2N5/c1-7(8-5-4-6-9(15)10(8)16)19-13-21-11(14(2,3)17)20-12(18)22-13/h4-7H,1-3H3,(H3,18,19,20,21,22). The summed E-state index contributed by atoms with van der Waals surface area (Å²) < 4.78 is 27.9. The number of rotatable bonds is 4. The third-order valence-corrected chi connectivity index (χ3v) is 3.27. The Bertz CT molecular complexity index is 687. The molecule has 0 saturated carbocycles. The molecule has 0 saturated heterocycles. The molecule has 0 bridgehead atoms. The Morgan fingerprint density at radius 1 is 1.27 bits per heavy atom. The molecular weight excluding hydrogens is 312 g/mol. The van der Waals surface area contributed by atoms with Gasteiger partial charge in [-0.1, -0.05) is 23.7 Å². The molecule has 0 amide bonds. The first-order valence-electron chi connectivity index (χ1n) is 6.60. The topological polar surface area (TPSA) is 76.7 Å². The van der Waals surface area contributed by atoms with Gasteiger partial charge in [-0.2, -0.15) is 15.0 Å². The fraction of sp³-hybridized carbons (Fsp3) is 0.357. The third kappa shape index (κ3) is 3.59. The van der Waals surface area contributed by atoms with Crippen molar-refractivity contribution in [1.29, 1.82) is 0 Å². The molecule has 2 rings (SSSR count). The zero-order chi connectivity index (χ0) is 16.5. The second-order valence-electron chi connectivity index (χ2n) is 5.32. The van der Waals surface area contributed by atoms with Gasteiger partial charge >= 0.3 is 0 Å². The van der Waals surface area contributed by atoms with E-state index in [1.807, 2.05) is 0 Å². The van der Waals surface area contributed by atoms with Crippen LogP contribution in [0.4, 0.5) is 20.7 Å². The lowest BCUT2D eigenvalue weighted by atomic mass is 10.1. The molecule has 1 unspecified atom stereocenters. The van der Waals surface area contributed by atoms with Gasteiger partial charge < -0.3 is 11.1 Å². The Labute approximate surface area is 131 Å². The largest absolute Gasteiger partial charge is 0.368 e. The summed E-state index contributed by atoms with van der Waals surface area (Å²) in [5.74, 6) is -0.671. The highest BCUT2D eigenvalue weighted by atomic mass is 35.5. The van der Waals surface area contributed by atoms with Gasteiger partial charge in [-0.25, -0.2) is 8.78 Å². The lowest BCUT2D eigenvalue weighted by molar-refractivity contribution is 0.206. The molecule has 0 fully saturated rings. The predicted molar refractivity (Wildman–Crippen MR) is 81.8 cm³/mol. The summed E-state index contributed by atoms with van der Waals surface area (Å²) >= 11 is 5.76. The molecule has 1 aromatic carbocycles. The molecule has 2 aromatic rings. The van der Waals surface area contributed by atoms with Crippen LogP contribution in [0.5, 0.6) is 0 Å². The number of anilines is 2. The maximum Gasteiger partial charge on any atom is 0.228 e. The number of nitrogens with two attached hydrogens (primary N) is 1. The average molecular weight is 328 g/mol. The molecule has 0 aliphatic heterocycles. The summed E-state index contributed by atoms with van der Waals surface area (Å²) in [5, 5.41) is 2.89. The summed E-state index contributed by atoms with van der Waals surface area (Å²) in [6.45, 7) is 4.33. The van der Waals surface area contributed by atoms with Crippen LogP contribution in [0.2, 0.25) is 5.02 Å². The van der Waals surface area contributed by atoms with Crippen molar-refractivity contribution >= 4 is 23.5 Å². The molecule has 118 valence electrons. The normalized spacial score (nSPS) is 13.0. The summed E-state index contributed by atoms with van der Waals surface area (Å²) in [6, 6.07) is 4.19. The van der Waals surface area contributed by atoms with Crippen LogP contribution < -0.4 is 11.1 Å². The number of hydrogen-bond acceptors (Lipinski definition) is 5. The number of benzene rings is 1. The Morgan fingerprint density at radius 3 is 2.59 bits per heavy atom. The summed E-state index contributed by atoms with van der Waals surface area (Å²) in [6.07, 6.45) is 0. The highest BCUT2D eigenvalue weighted by Gasteiger charge is 2.24.